The van der Waals surface area contributed by atoms with Crippen molar-refractivity contribution in [3.05, 3.63) is 44.8 Å². The van der Waals surface area contributed by atoms with Gasteiger partial charge in [-0.1, -0.05) is 6.92 Å². The van der Waals surface area contributed by atoms with Gasteiger partial charge in [0.25, 0.3) is 0 Å². The molecule has 2 aromatic rings. The van der Waals surface area contributed by atoms with Crippen LogP contribution in [0, 0.1) is 0 Å². The van der Waals surface area contributed by atoms with Gasteiger partial charge in [0.2, 0.25) is 5.91 Å². The van der Waals surface area contributed by atoms with Crippen molar-refractivity contribution in [1.82, 2.24) is 4.90 Å². The molecule has 0 radical (unpaired) electrons. The molecule has 19 heavy (non-hydrogen) atoms. The van der Waals surface area contributed by atoms with E-state index >= 15 is 0 Å². The summed E-state index contributed by atoms with van der Waals surface area (Å²) in [5, 5.41) is 8.33. The average molecular weight is 293 g/mol. The van der Waals surface area contributed by atoms with Crippen molar-refractivity contribution in [2.45, 2.75) is 26.2 Å². The molecule has 0 saturated heterocycles. The first-order valence-electron chi connectivity index (χ1n) is 6.59. The number of thiophene rings is 2. The van der Waals surface area contributed by atoms with Crippen LogP contribution in [0.5, 0.6) is 0 Å². The van der Waals surface area contributed by atoms with Crippen LogP contribution in [0.2, 0.25) is 0 Å². The summed E-state index contributed by atoms with van der Waals surface area (Å²) in [4.78, 5) is 14.3. The second-order valence-electron chi connectivity index (χ2n) is 4.57. The number of carbonyl (C=O) groups is 1. The number of amides is 1. The lowest BCUT2D eigenvalue weighted by Crippen LogP contribution is -2.34. The highest BCUT2D eigenvalue weighted by atomic mass is 32.1. The maximum absolute atomic E-state index is 12.3. The normalized spacial score (nSPS) is 10.6. The Labute approximate surface area is 122 Å². The van der Waals surface area contributed by atoms with Crippen LogP contribution in [0.15, 0.2) is 33.7 Å². The molecule has 0 aliphatic carbocycles. The van der Waals surface area contributed by atoms with Gasteiger partial charge in [-0.25, -0.2) is 0 Å². The van der Waals surface area contributed by atoms with Gasteiger partial charge in [0.1, 0.15) is 0 Å². The molecular formula is C15H19NOS2. The van der Waals surface area contributed by atoms with Crippen LogP contribution in [-0.2, 0) is 17.6 Å². The van der Waals surface area contributed by atoms with Crippen molar-refractivity contribution in [2.24, 2.45) is 0 Å². The van der Waals surface area contributed by atoms with Crippen molar-refractivity contribution >= 4 is 28.6 Å². The molecule has 1 amide bonds. The van der Waals surface area contributed by atoms with E-state index in [0.717, 1.165) is 31.5 Å². The van der Waals surface area contributed by atoms with E-state index in [-0.39, 0.29) is 5.91 Å². The molecule has 4 heteroatoms. The monoisotopic (exact) mass is 293 g/mol. The summed E-state index contributed by atoms with van der Waals surface area (Å²) in [5.74, 6) is 0.246. The van der Waals surface area contributed by atoms with Crippen LogP contribution < -0.4 is 0 Å². The van der Waals surface area contributed by atoms with Crippen LogP contribution in [0.3, 0.4) is 0 Å². The van der Waals surface area contributed by atoms with E-state index in [2.05, 4.69) is 29.1 Å². The number of hydrogen-bond donors (Lipinski definition) is 0. The zero-order chi connectivity index (χ0) is 13.5. The third kappa shape index (κ3) is 4.48. The fourth-order valence-corrected chi connectivity index (χ4v) is 3.38. The molecule has 0 fully saturated rings. The third-order valence-electron chi connectivity index (χ3n) is 3.03. The fraction of sp³-hybridized carbons (Fsp3) is 0.400. The number of carbonyl (C=O) groups excluding carboxylic acids is 1. The highest BCUT2D eigenvalue weighted by Crippen LogP contribution is 2.11. The van der Waals surface area contributed by atoms with E-state index in [1.807, 2.05) is 16.3 Å². The van der Waals surface area contributed by atoms with Crippen molar-refractivity contribution in [1.29, 1.82) is 0 Å². The van der Waals surface area contributed by atoms with E-state index in [1.54, 1.807) is 22.7 Å². The van der Waals surface area contributed by atoms with E-state index in [0.29, 0.717) is 6.42 Å². The minimum atomic E-state index is 0.246. The fourth-order valence-electron chi connectivity index (χ4n) is 2.01. The third-order valence-corrected chi connectivity index (χ3v) is 4.50. The molecule has 2 heterocycles. The first-order chi connectivity index (χ1) is 9.29. The Morgan fingerprint density at radius 3 is 2.37 bits per heavy atom. The highest BCUT2D eigenvalue weighted by molar-refractivity contribution is 7.08. The van der Waals surface area contributed by atoms with Gasteiger partial charge >= 0.3 is 0 Å². The SMILES string of the molecule is CCCN(CCc1ccsc1)C(=O)Cc1ccsc1. The maximum atomic E-state index is 12.3. The average Bonchev–Trinajstić information content (AvgIpc) is 3.07. The Balaban J connectivity index is 1.89. The summed E-state index contributed by atoms with van der Waals surface area (Å²) < 4.78 is 0. The zero-order valence-electron chi connectivity index (χ0n) is 11.2. The van der Waals surface area contributed by atoms with Gasteiger partial charge in [0, 0.05) is 13.1 Å². The molecule has 0 spiro atoms. The van der Waals surface area contributed by atoms with Gasteiger partial charge < -0.3 is 4.90 Å². The molecule has 0 aliphatic rings. The first kappa shape index (κ1) is 14.3. The van der Waals surface area contributed by atoms with Crippen molar-refractivity contribution in [3.8, 4) is 0 Å². The van der Waals surface area contributed by atoms with Gasteiger partial charge in [0.05, 0.1) is 6.42 Å². The molecule has 0 saturated carbocycles. The van der Waals surface area contributed by atoms with E-state index in [4.69, 9.17) is 0 Å². The highest BCUT2D eigenvalue weighted by Gasteiger charge is 2.13. The van der Waals surface area contributed by atoms with Crippen LogP contribution >= 0.6 is 22.7 Å². The van der Waals surface area contributed by atoms with Crippen molar-refractivity contribution in [2.75, 3.05) is 13.1 Å². The quantitative estimate of drug-likeness (QED) is 0.759. The topological polar surface area (TPSA) is 20.3 Å². The molecule has 0 aromatic carbocycles. The predicted octanol–water partition coefficient (Wildman–Crippen LogP) is 3.83. The molecule has 2 rings (SSSR count). The summed E-state index contributed by atoms with van der Waals surface area (Å²) in [6, 6.07) is 4.17. The summed E-state index contributed by atoms with van der Waals surface area (Å²) >= 11 is 3.36. The smallest absolute Gasteiger partial charge is 0.227 e. The molecule has 0 aliphatic heterocycles. The van der Waals surface area contributed by atoms with E-state index < -0.39 is 0 Å². The maximum Gasteiger partial charge on any atom is 0.227 e. The number of hydrogen-bond acceptors (Lipinski definition) is 3. The number of rotatable bonds is 7. The molecule has 102 valence electrons. The zero-order valence-corrected chi connectivity index (χ0v) is 12.8. The Bertz CT molecular complexity index is 476. The molecule has 0 atom stereocenters. The summed E-state index contributed by atoms with van der Waals surface area (Å²) in [5.41, 5.74) is 2.46. The van der Waals surface area contributed by atoms with Crippen LogP contribution in [0.25, 0.3) is 0 Å². The van der Waals surface area contributed by atoms with Crippen molar-refractivity contribution in [3.63, 3.8) is 0 Å². The summed E-state index contributed by atoms with van der Waals surface area (Å²) in [6.45, 7) is 3.80. The van der Waals surface area contributed by atoms with Crippen LogP contribution in [0.1, 0.15) is 24.5 Å². The summed E-state index contributed by atoms with van der Waals surface area (Å²) in [7, 11) is 0. The van der Waals surface area contributed by atoms with Crippen molar-refractivity contribution < 1.29 is 4.79 Å². The molecular weight excluding hydrogens is 274 g/mol. The van der Waals surface area contributed by atoms with Crippen LogP contribution in [-0.4, -0.2) is 23.9 Å². The molecule has 0 unspecified atom stereocenters. The minimum absolute atomic E-state index is 0.246. The van der Waals surface area contributed by atoms with Gasteiger partial charge in [-0.2, -0.15) is 22.7 Å². The predicted molar refractivity (Wildman–Crippen MR) is 82.9 cm³/mol. The Hall–Kier alpha value is -1.13. The van der Waals surface area contributed by atoms with E-state index in [1.165, 1.54) is 5.56 Å². The second kappa shape index (κ2) is 7.46. The van der Waals surface area contributed by atoms with Gasteiger partial charge in [-0.05, 0) is 57.6 Å². The lowest BCUT2D eigenvalue weighted by Gasteiger charge is -2.21. The van der Waals surface area contributed by atoms with E-state index in [9.17, 15) is 4.79 Å². The standard InChI is InChI=1S/C15H19NOS2/c1-2-6-16(7-3-13-4-8-18-11-13)15(17)10-14-5-9-19-12-14/h4-5,8-9,11-12H,2-3,6-7,10H2,1H3. The number of nitrogens with zero attached hydrogens (tertiary/aromatic N) is 1. The largest absolute Gasteiger partial charge is 0.342 e. The first-order valence-corrected chi connectivity index (χ1v) is 8.48. The Kier molecular flexibility index (Phi) is 5.61. The summed E-state index contributed by atoms with van der Waals surface area (Å²) in [6.07, 6.45) is 2.50. The lowest BCUT2D eigenvalue weighted by molar-refractivity contribution is -0.130. The molecule has 2 aromatic heterocycles. The molecule has 0 bridgehead atoms. The lowest BCUT2D eigenvalue weighted by atomic mass is 10.2. The van der Waals surface area contributed by atoms with Gasteiger partial charge in [-0.15, -0.1) is 0 Å². The molecule has 2 nitrogen and oxygen atoms in total. The minimum Gasteiger partial charge on any atom is -0.342 e. The second-order valence-corrected chi connectivity index (χ2v) is 6.13. The van der Waals surface area contributed by atoms with Gasteiger partial charge in [0.15, 0.2) is 0 Å². The molecule has 0 N–H and O–H groups in total. The van der Waals surface area contributed by atoms with Gasteiger partial charge in [-0.3, -0.25) is 4.79 Å². The Morgan fingerprint density at radius 1 is 1.11 bits per heavy atom. The Morgan fingerprint density at radius 2 is 1.79 bits per heavy atom. The van der Waals surface area contributed by atoms with Crippen LogP contribution in [0.4, 0.5) is 0 Å².